The molecule has 0 saturated carbocycles. The first-order valence-electron chi connectivity index (χ1n) is 7.05. The molecule has 0 aliphatic rings. The Balaban J connectivity index is 1.49. The van der Waals surface area contributed by atoms with Gasteiger partial charge in [-0.05, 0) is 24.3 Å². The van der Waals surface area contributed by atoms with Crippen LogP contribution in [0.1, 0.15) is 5.89 Å². The van der Waals surface area contributed by atoms with Gasteiger partial charge in [-0.15, -0.1) is 0 Å². The highest BCUT2D eigenvalue weighted by molar-refractivity contribution is 6.30. The quantitative estimate of drug-likeness (QED) is 0.595. The topological polar surface area (TPSA) is 79.6 Å². The standard InChI is InChI=1S/C16H12ClN5O/c17-11-5-3-4-10(8-11)15-21-14(23-22-15)9-18-16-19-12-6-1-2-7-13(12)20-16/h1-8H,9H2,(H2,18,19,20). The molecule has 7 heteroatoms. The van der Waals surface area contributed by atoms with Crippen molar-refractivity contribution >= 4 is 28.6 Å². The molecule has 0 aliphatic heterocycles. The molecule has 0 atom stereocenters. The average molecular weight is 326 g/mol. The predicted molar refractivity (Wildman–Crippen MR) is 88.2 cm³/mol. The highest BCUT2D eigenvalue weighted by atomic mass is 35.5. The number of rotatable bonds is 4. The number of imidazole rings is 1. The molecule has 0 unspecified atom stereocenters. The van der Waals surface area contributed by atoms with Crippen molar-refractivity contribution in [2.75, 3.05) is 5.32 Å². The van der Waals surface area contributed by atoms with Gasteiger partial charge in [0.25, 0.3) is 0 Å². The van der Waals surface area contributed by atoms with E-state index in [0.29, 0.717) is 29.2 Å². The summed E-state index contributed by atoms with van der Waals surface area (Å²) in [6.07, 6.45) is 0. The Morgan fingerprint density at radius 1 is 1.09 bits per heavy atom. The zero-order chi connectivity index (χ0) is 15.6. The van der Waals surface area contributed by atoms with Crippen LogP contribution >= 0.6 is 11.6 Å². The second-order valence-corrected chi connectivity index (χ2v) is 5.41. The molecule has 0 radical (unpaired) electrons. The zero-order valence-corrected chi connectivity index (χ0v) is 12.7. The molecule has 0 bridgehead atoms. The summed E-state index contributed by atoms with van der Waals surface area (Å²) in [4.78, 5) is 12.0. The Morgan fingerprint density at radius 2 is 2.00 bits per heavy atom. The Hall–Kier alpha value is -2.86. The number of hydrogen-bond donors (Lipinski definition) is 2. The lowest BCUT2D eigenvalue weighted by atomic mass is 10.2. The van der Waals surface area contributed by atoms with Gasteiger partial charge in [-0.3, -0.25) is 0 Å². The molecule has 2 aromatic carbocycles. The summed E-state index contributed by atoms with van der Waals surface area (Å²) >= 11 is 5.97. The van der Waals surface area contributed by atoms with Gasteiger partial charge in [0.05, 0.1) is 17.6 Å². The van der Waals surface area contributed by atoms with Crippen LogP contribution in [0.25, 0.3) is 22.4 Å². The first kappa shape index (κ1) is 13.8. The molecule has 114 valence electrons. The van der Waals surface area contributed by atoms with E-state index < -0.39 is 0 Å². The monoisotopic (exact) mass is 325 g/mol. The molecule has 4 rings (SSSR count). The molecule has 2 N–H and O–H groups in total. The summed E-state index contributed by atoms with van der Waals surface area (Å²) in [5.74, 6) is 1.64. The third kappa shape index (κ3) is 2.89. The number of fused-ring (bicyclic) bond motifs is 1. The second-order valence-electron chi connectivity index (χ2n) is 4.98. The molecule has 0 spiro atoms. The number of hydrogen-bond acceptors (Lipinski definition) is 5. The van der Waals surface area contributed by atoms with Crippen molar-refractivity contribution in [1.82, 2.24) is 20.1 Å². The van der Waals surface area contributed by atoms with E-state index in [0.717, 1.165) is 16.6 Å². The van der Waals surface area contributed by atoms with Crippen LogP contribution in [0, 0.1) is 0 Å². The molecule has 23 heavy (non-hydrogen) atoms. The van der Waals surface area contributed by atoms with E-state index in [1.165, 1.54) is 0 Å². The van der Waals surface area contributed by atoms with E-state index in [4.69, 9.17) is 16.1 Å². The number of halogens is 1. The van der Waals surface area contributed by atoms with Crippen LogP contribution < -0.4 is 5.32 Å². The van der Waals surface area contributed by atoms with Crippen molar-refractivity contribution in [1.29, 1.82) is 0 Å². The summed E-state index contributed by atoms with van der Waals surface area (Å²) in [6.45, 7) is 0.382. The van der Waals surface area contributed by atoms with Gasteiger partial charge in [-0.25, -0.2) is 4.98 Å². The molecule has 0 fully saturated rings. The van der Waals surface area contributed by atoms with E-state index in [1.807, 2.05) is 36.4 Å². The number of nitrogens with one attached hydrogen (secondary N) is 2. The maximum absolute atomic E-state index is 5.97. The van der Waals surface area contributed by atoms with Gasteiger partial charge in [0.15, 0.2) is 0 Å². The number of benzene rings is 2. The maximum Gasteiger partial charge on any atom is 0.246 e. The largest absolute Gasteiger partial charge is 0.347 e. The fraction of sp³-hybridized carbons (Fsp3) is 0.0625. The van der Waals surface area contributed by atoms with Crippen molar-refractivity contribution in [3.63, 3.8) is 0 Å². The second kappa shape index (κ2) is 5.73. The number of H-pyrrole nitrogens is 1. The van der Waals surface area contributed by atoms with Gasteiger partial charge >= 0.3 is 0 Å². The molecule has 2 heterocycles. The fourth-order valence-electron chi connectivity index (χ4n) is 2.27. The highest BCUT2D eigenvalue weighted by Gasteiger charge is 2.09. The van der Waals surface area contributed by atoms with E-state index in [2.05, 4.69) is 25.4 Å². The minimum absolute atomic E-state index is 0.382. The molecular weight excluding hydrogens is 314 g/mol. The predicted octanol–water partition coefficient (Wildman–Crippen LogP) is 3.88. The summed E-state index contributed by atoms with van der Waals surface area (Å²) in [5, 5.41) is 7.74. The van der Waals surface area contributed by atoms with Gasteiger partial charge in [0.2, 0.25) is 17.7 Å². The minimum atomic E-state index is 0.382. The summed E-state index contributed by atoms with van der Waals surface area (Å²) in [5.41, 5.74) is 2.69. The molecule has 0 amide bonds. The molecular formula is C16H12ClN5O. The third-order valence-corrected chi connectivity index (χ3v) is 3.58. The molecule has 0 aliphatic carbocycles. The van der Waals surface area contributed by atoms with Gasteiger partial charge in [0.1, 0.15) is 0 Å². The lowest BCUT2D eigenvalue weighted by Crippen LogP contribution is -2.01. The van der Waals surface area contributed by atoms with Crippen LogP contribution in [-0.4, -0.2) is 20.1 Å². The van der Waals surface area contributed by atoms with Crippen LogP contribution in [-0.2, 0) is 6.54 Å². The number of para-hydroxylation sites is 2. The minimum Gasteiger partial charge on any atom is -0.347 e. The van der Waals surface area contributed by atoms with Crippen LogP contribution in [0.3, 0.4) is 0 Å². The summed E-state index contributed by atoms with van der Waals surface area (Å²) in [6, 6.07) is 15.1. The molecule has 2 aromatic heterocycles. The molecule has 4 aromatic rings. The summed E-state index contributed by atoms with van der Waals surface area (Å²) in [7, 11) is 0. The van der Waals surface area contributed by atoms with Gasteiger partial charge in [-0.1, -0.05) is 41.0 Å². The van der Waals surface area contributed by atoms with Gasteiger partial charge in [0, 0.05) is 10.6 Å². The first-order valence-corrected chi connectivity index (χ1v) is 7.43. The van der Waals surface area contributed by atoms with Crippen molar-refractivity contribution in [3.8, 4) is 11.4 Å². The van der Waals surface area contributed by atoms with E-state index >= 15 is 0 Å². The molecule has 6 nitrogen and oxygen atoms in total. The van der Waals surface area contributed by atoms with Gasteiger partial charge in [-0.2, -0.15) is 4.98 Å². The lowest BCUT2D eigenvalue weighted by Gasteiger charge is -1.96. The zero-order valence-electron chi connectivity index (χ0n) is 12.0. The Kier molecular flexibility index (Phi) is 3.44. The van der Waals surface area contributed by atoms with Crippen molar-refractivity contribution < 1.29 is 4.52 Å². The van der Waals surface area contributed by atoms with Crippen molar-refractivity contribution in [2.45, 2.75) is 6.54 Å². The molecule has 0 saturated heterocycles. The first-order chi connectivity index (χ1) is 11.3. The van der Waals surface area contributed by atoms with Crippen molar-refractivity contribution in [3.05, 3.63) is 59.4 Å². The van der Waals surface area contributed by atoms with Crippen molar-refractivity contribution in [2.24, 2.45) is 0 Å². The van der Waals surface area contributed by atoms with Crippen LogP contribution in [0.15, 0.2) is 53.1 Å². The van der Waals surface area contributed by atoms with E-state index in [1.54, 1.807) is 12.1 Å². The number of anilines is 1. The number of nitrogens with zero attached hydrogens (tertiary/aromatic N) is 3. The normalized spacial score (nSPS) is 11.0. The maximum atomic E-state index is 5.97. The average Bonchev–Trinajstić information content (AvgIpc) is 3.19. The lowest BCUT2D eigenvalue weighted by molar-refractivity contribution is 0.384. The van der Waals surface area contributed by atoms with Crippen LogP contribution in [0.5, 0.6) is 0 Å². The third-order valence-electron chi connectivity index (χ3n) is 3.35. The number of aromatic amines is 1. The van der Waals surface area contributed by atoms with Crippen LogP contribution in [0.4, 0.5) is 5.95 Å². The fourth-order valence-corrected chi connectivity index (χ4v) is 2.46. The SMILES string of the molecule is Clc1cccc(-c2noc(CNc3nc4ccccc4[nH]3)n2)c1. The summed E-state index contributed by atoms with van der Waals surface area (Å²) < 4.78 is 5.25. The van der Waals surface area contributed by atoms with E-state index in [-0.39, 0.29) is 0 Å². The number of aromatic nitrogens is 4. The Bertz CT molecular complexity index is 929. The Morgan fingerprint density at radius 3 is 2.87 bits per heavy atom. The Labute approximate surface area is 136 Å². The van der Waals surface area contributed by atoms with Crippen LogP contribution in [0.2, 0.25) is 5.02 Å². The highest BCUT2D eigenvalue weighted by Crippen LogP contribution is 2.20. The van der Waals surface area contributed by atoms with Gasteiger partial charge < -0.3 is 14.8 Å². The smallest absolute Gasteiger partial charge is 0.246 e. The van der Waals surface area contributed by atoms with E-state index in [9.17, 15) is 0 Å².